The van der Waals surface area contributed by atoms with Crippen LogP contribution in [0.5, 0.6) is 0 Å². The summed E-state index contributed by atoms with van der Waals surface area (Å²) in [6.45, 7) is 8.62. The second-order valence-corrected chi connectivity index (χ2v) is 5.75. The molecule has 1 aromatic carbocycles. The number of nitrogens with one attached hydrogen (secondary N) is 1. The predicted octanol–water partition coefficient (Wildman–Crippen LogP) is 3.69. The summed E-state index contributed by atoms with van der Waals surface area (Å²) in [6, 6.07) is 5.98. The number of piperidine rings is 1. The van der Waals surface area contributed by atoms with Gasteiger partial charge in [-0.2, -0.15) is 0 Å². The maximum Gasteiger partial charge on any atom is 0.141 e. The van der Waals surface area contributed by atoms with Crippen LogP contribution in [0, 0.1) is 11.7 Å². The van der Waals surface area contributed by atoms with Crippen LogP contribution < -0.4 is 10.2 Å². The Morgan fingerprint density at radius 1 is 1.42 bits per heavy atom. The van der Waals surface area contributed by atoms with E-state index in [0.29, 0.717) is 18.0 Å². The average molecular weight is 285 g/mol. The number of halogens is 2. The highest BCUT2D eigenvalue weighted by Gasteiger charge is 2.32. The van der Waals surface area contributed by atoms with Crippen molar-refractivity contribution < 1.29 is 4.39 Å². The van der Waals surface area contributed by atoms with Crippen LogP contribution in [-0.2, 0) is 0 Å². The van der Waals surface area contributed by atoms with Crippen LogP contribution in [0.15, 0.2) is 18.2 Å². The molecular formula is C15H22ClFN2. The zero-order valence-electron chi connectivity index (χ0n) is 11.8. The number of rotatable bonds is 3. The molecule has 1 saturated heterocycles. The molecule has 106 valence electrons. The molecule has 0 bridgehead atoms. The second kappa shape index (κ2) is 6.10. The Hall–Kier alpha value is -0.800. The number of benzene rings is 1. The van der Waals surface area contributed by atoms with Gasteiger partial charge in [0.2, 0.25) is 0 Å². The molecule has 0 radical (unpaired) electrons. The molecule has 3 unspecified atom stereocenters. The van der Waals surface area contributed by atoms with Gasteiger partial charge in [0.15, 0.2) is 0 Å². The molecule has 2 rings (SSSR count). The Morgan fingerprint density at radius 3 is 2.79 bits per heavy atom. The molecule has 0 spiro atoms. The van der Waals surface area contributed by atoms with Crippen LogP contribution in [0.25, 0.3) is 0 Å². The Kier molecular flexibility index (Phi) is 4.69. The molecular weight excluding hydrogens is 263 g/mol. The van der Waals surface area contributed by atoms with Crippen molar-refractivity contribution in [2.45, 2.75) is 39.3 Å². The fourth-order valence-electron chi connectivity index (χ4n) is 2.94. The Balaban J connectivity index is 2.15. The maximum absolute atomic E-state index is 13.2. The lowest BCUT2D eigenvalue weighted by Crippen LogP contribution is -2.53. The van der Waals surface area contributed by atoms with Crippen LogP contribution in [-0.4, -0.2) is 25.2 Å². The highest BCUT2D eigenvalue weighted by Crippen LogP contribution is 2.31. The summed E-state index contributed by atoms with van der Waals surface area (Å²) in [6.07, 6.45) is 1.11. The molecule has 4 heteroatoms. The summed E-state index contributed by atoms with van der Waals surface area (Å²) in [7, 11) is 0. The highest BCUT2D eigenvalue weighted by atomic mass is 35.5. The summed E-state index contributed by atoms with van der Waals surface area (Å²) in [5, 5.41) is 3.74. The van der Waals surface area contributed by atoms with Crippen molar-refractivity contribution >= 4 is 17.3 Å². The Morgan fingerprint density at radius 2 is 2.16 bits per heavy atom. The first-order valence-electron chi connectivity index (χ1n) is 6.99. The molecule has 0 aliphatic carbocycles. The first kappa shape index (κ1) is 14.6. The van der Waals surface area contributed by atoms with Gasteiger partial charge in [0.25, 0.3) is 0 Å². The summed E-state index contributed by atoms with van der Waals surface area (Å²) >= 11 is 5.88. The van der Waals surface area contributed by atoms with E-state index >= 15 is 0 Å². The first-order chi connectivity index (χ1) is 9.04. The van der Waals surface area contributed by atoms with Gasteiger partial charge < -0.3 is 10.2 Å². The van der Waals surface area contributed by atoms with Gasteiger partial charge in [-0.25, -0.2) is 4.39 Å². The normalized spacial score (nSPS) is 27.6. The van der Waals surface area contributed by atoms with E-state index < -0.39 is 0 Å². The average Bonchev–Trinajstić information content (AvgIpc) is 2.39. The minimum atomic E-state index is -0.353. The van der Waals surface area contributed by atoms with E-state index in [1.807, 2.05) is 6.07 Å². The van der Waals surface area contributed by atoms with Crippen molar-refractivity contribution in [1.82, 2.24) is 5.32 Å². The van der Waals surface area contributed by atoms with E-state index in [2.05, 4.69) is 31.0 Å². The van der Waals surface area contributed by atoms with Gasteiger partial charge in [0, 0.05) is 24.3 Å². The number of nitrogens with zero attached hydrogens (tertiary/aromatic N) is 1. The third-order valence-electron chi connectivity index (χ3n) is 4.27. The molecule has 0 aromatic heterocycles. The molecule has 0 saturated carbocycles. The number of anilines is 1. The molecule has 1 N–H and O–H groups in total. The van der Waals surface area contributed by atoms with E-state index in [4.69, 9.17) is 11.6 Å². The van der Waals surface area contributed by atoms with Gasteiger partial charge in [-0.3, -0.25) is 0 Å². The molecule has 1 heterocycles. The lowest BCUT2D eigenvalue weighted by molar-refractivity contribution is 0.274. The summed E-state index contributed by atoms with van der Waals surface area (Å²) in [5.41, 5.74) is 1.01. The third-order valence-corrected chi connectivity index (χ3v) is 4.56. The number of hydrogen-bond donors (Lipinski definition) is 1. The zero-order chi connectivity index (χ0) is 14.0. The van der Waals surface area contributed by atoms with Gasteiger partial charge in [0.05, 0.1) is 5.02 Å². The fraction of sp³-hybridized carbons (Fsp3) is 0.600. The molecule has 19 heavy (non-hydrogen) atoms. The zero-order valence-corrected chi connectivity index (χ0v) is 12.5. The van der Waals surface area contributed by atoms with Crippen molar-refractivity contribution in [2.75, 3.05) is 18.0 Å². The minimum Gasteiger partial charge on any atom is -0.368 e. The topological polar surface area (TPSA) is 15.3 Å². The van der Waals surface area contributed by atoms with Crippen molar-refractivity contribution in [3.05, 3.63) is 29.0 Å². The summed E-state index contributed by atoms with van der Waals surface area (Å²) in [4.78, 5) is 2.32. The van der Waals surface area contributed by atoms with Gasteiger partial charge in [-0.05, 0) is 44.0 Å². The molecule has 0 amide bonds. The van der Waals surface area contributed by atoms with Crippen LogP contribution in [0.4, 0.5) is 10.1 Å². The van der Waals surface area contributed by atoms with Crippen molar-refractivity contribution in [1.29, 1.82) is 0 Å². The summed E-state index contributed by atoms with van der Waals surface area (Å²) in [5.74, 6) is 0.200. The molecule has 1 aliphatic heterocycles. The van der Waals surface area contributed by atoms with Gasteiger partial charge in [-0.1, -0.05) is 25.4 Å². The minimum absolute atomic E-state index is 0.200. The summed E-state index contributed by atoms with van der Waals surface area (Å²) < 4.78 is 13.2. The standard InChI is InChI=1S/C15H22ClFN2/c1-4-18-15-7-8-19(11(3)10(15)2)12-5-6-14(17)13(16)9-12/h5-6,9-11,15,18H,4,7-8H2,1-3H3. The van der Waals surface area contributed by atoms with Crippen LogP contribution >= 0.6 is 11.6 Å². The SMILES string of the molecule is CCNC1CCN(c2ccc(F)c(Cl)c2)C(C)C1C. The van der Waals surface area contributed by atoms with E-state index in [0.717, 1.165) is 25.2 Å². The Bertz CT molecular complexity index is 438. The molecule has 1 aliphatic rings. The lowest BCUT2D eigenvalue weighted by Gasteiger charge is -2.44. The Labute approximate surface area is 119 Å². The predicted molar refractivity (Wildman–Crippen MR) is 79.5 cm³/mol. The third kappa shape index (κ3) is 3.03. The largest absolute Gasteiger partial charge is 0.368 e. The smallest absolute Gasteiger partial charge is 0.141 e. The van der Waals surface area contributed by atoms with Crippen LogP contribution in [0.2, 0.25) is 5.02 Å². The highest BCUT2D eigenvalue weighted by molar-refractivity contribution is 6.31. The van der Waals surface area contributed by atoms with E-state index in [1.165, 1.54) is 6.07 Å². The van der Waals surface area contributed by atoms with Crippen LogP contribution in [0.1, 0.15) is 27.2 Å². The van der Waals surface area contributed by atoms with Gasteiger partial charge in [0.1, 0.15) is 5.82 Å². The number of hydrogen-bond acceptors (Lipinski definition) is 2. The van der Waals surface area contributed by atoms with Crippen LogP contribution in [0.3, 0.4) is 0 Å². The van der Waals surface area contributed by atoms with E-state index in [-0.39, 0.29) is 10.8 Å². The molecule has 3 atom stereocenters. The monoisotopic (exact) mass is 284 g/mol. The van der Waals surface area contributed by atoms with Gasteiger partial charge in [-0.15, -0.1) is 0 Å². The van der Waals surface area contributed by atoms with Crippen molar-refractivity contribution in [2.24, 2.45) is 5.92 Å². The fourth-order valence-corrected chi connectivity index (χ4v) is 3.12. The van der Waals surface area contributed by atoms with Crippen molar-refractivity contribution in [3.63, 3.8) is 0 Å². The molecule has 2 nitrogen and oxygen atoms in total. The van der Waals surface area contributed by atoms with E-state index in [1.54, 1.807) is 6.07 Å². The van der Waals surface area contributed by atoms with E-state index in [9.17, 15) is 4.39 Å². The van der Waals surface area contributed by atoms with Crippen molar-refractivity contribution in [3.8, 4) is 0 Å². The van der Waals surface area contributed by atoms with Gasteiger partial charge >= 0.3 is 0 Å². The lowest BCUT2D eigenvalue weighted by atomic mass is 9.86. The first-order valence-corrected chi connectivity index (χ1v) is 7.37. The molecule has 1 aromatic rings. The molecule has 1 fully saturated rings. The quantitative estimate of drug-likeness (QED) is 0.911. The maximum atomic E-state index is 13.2. The second-order valence-electron chi connectivity index (χ2n) is 5.34.